The first-order valence-electron chi connectivity index (χ1n) is 8.77. The second kappa shape index (κ2) is 8.26. The molecule has 7 nitrogen and oxygen atoms in total. The van der Waals surface area contributed by atoms with Gasteiger partial charge >= 0.3 is 5.97 Å². The van der Waals surface area contributed by atoms with Crippen LogP contribution in [-0.2, 0) is 4.74 Å². The summed E-state index contributed by atoms with van der Waals surface area (Å²) < 4.78 is 16.1. The Balaban J connectivity index is 1.96. The number of fused-ring (bicyclic) bond motifs is 1. The highest BCUT2D eigenvalue weighted by Gasteiger charge is 2.20. The van der Waals surface area contributed by atoms with E-state index >= 15 is 0 Å². The molecule has 2 heterocycles. The van der Waals surface area contributed by atoms with Crippen molar-refractivity contribution in [1.82, 2.24) is 0 Å². The van der Waals surface area contributed by atoms with Crippen LogP contribution >= 0.6 is 11.3 Å². The molecule has 0 aliphatic carbocycles. The smallest absolute Gasteiger partial charge is 0.341 e. The molecule has 3 aromatic rings. The summed E-state index contributed by atoms with van der Waals surface area (Å²) in [5, 5.41) is 11.8. The van der Waals surface area contributed by atoms with Crippen LogP contribution in [0.1, 0.15) is 39.4 Å². The Morgan fingerprint density at radius 3 is 2.68 bits per heavy atom. The number of rotatable bonds is 6. The van der Waals surface area contributed by atoms with E-state index in [9.17, 15) is 9.59 Å². The first-order valence-corrected chi connectivity index (χ1v) is 9.59. The van der Waals surface area contributed by atoms with Gasteiger partial charge < -0.3 is 19.2 Å². The molecule has 0 fully saturated rings. The van der Waals surface area contributed by atoms with E-state index in [4.69, 9.17) is 19.3 Å². The SMILES string of the molecule is CCOC(=O)c1cc(C)sc1NC(=O)c1cc2cccc(OCC)c2oc1=N. The van der Waals surface area contributed by atoms with Gasteiger partial charge in [-0.25, -0.2) is 4.79 Å². The molecule has 0 saturated carbocycles. The third-order valence-corrected chi connectivity index (χ3v) is 4.85. The molecule has 1 amide bonds. The van der Waals surface area contributed by atoms with Crippen molar-refractivity contribution in [3.05, 3.63) is 51.9 Å². The average Bonchev–Trinajstić information content (AvgIpc) is 3.02. The molecule has 1 aromatic carbocycles. The number of carbonyl (C=O) groups excluding carboxylic acids is 2. The molecule has 0 unspecified atom stereocenters. The van der Waals surface area contributed by atoms with Crippen LogP contribution in [0, 0.1) is 12.3 Å². The van der Waals surface area contributed by atoms with Gasteiger partial charge in [-0.1, -0.05) is 12.1 Å². The van der Waals surface area contributed by atoms with E-state index in [-0.39, 0.29) is 17.7 Å². The summed E-state index contributed by atoms with van der Waals surface area (Å²) in [7, 11) is 0. The van der Waals surface area contributed by atoms with E-state index in [1.54, 1.807) is 37.3 Å². The zero-order valence-electron chi connectivity index (χ0n) is 15.8. The molecule has 0 atom stereocenters. The van der Waals surface area contributed by atoms with Crippen LogP contribution in [0.5, 0.6) is 5.75 Å². The Bertz CT molecular complexity index is 1100. The number of hydrogen-bond donors (Lipinski definition) is 2. The summed E-state index contributed by atoms with van der Waals surface area (Å²) in [4.78, 5) is 25.7. The molecule has 0 spiro atoms. The summed E-state index contributed by atoms with van der Waals surface area (Å²) in [5.41, 5.74) is 0.468. The summed E-state index contributed by atoms with van der Waals surface area (Å²) in [6.45, 7) is 6.10. The minimum Gasteiger partial charge on any atom is -0.490 e. The zero-order valence-corrected chi connectivity index (χ0v) is 16.6. The maximum Gasteiger partial charge on any atom is 0.341 e. The molecule has 0 saturated heterocycles. The molecule has 28 heavy (non-hydrogen) atoms. The molecule has 0 aliphatic rings. The van der Waals surface area contributed by atoms with Crippen LogP contribution < -0.4 is 15.6 Å². The summed E-state index contributed by atoms with van der Waals surface area (Å²) >= 11 is 1.27. The zero-order chi connectivity index (χ0) is 20.3. The molecule has 0 radical (unpaired) electrons. The average molecular weight is 400 g/mol. The number of anilines is 1. The molecule has 8 heteroatoms. The number of amides is 1. The maximum absolute atomic E-state index is 12.8. The third kappa shape index (κ3) is 3.91. The largest absolute Gasteiger partial charge is 0.490 e. The fourth-order valence-corrected chi connectivity index (χ4v) is 3.60. The predicted octanol–water partition coefficient (Wildman–Crippen LogP) is 4.11. The van der Waals surface area contributed by atoms with Gasteiger partial charge in [0, 0.05) is 10.3 Å². The van der Waals surface area contributed by atoms with Crippen LogP contribution in [0.4, 0.5) is 5.00 Å². The second-order valence-corrected chi connectivity index (χ2v) is 7.13. The third-order valence-electron chi connectivity index (χ3n) is 3.88. The molecular formula is C20H20N2O5S. The van der Waals surface area contributed by atoms with Crippen LogP contribution in [0.2, 0.25) is 0 Å². The van der Waals surface area contributed by atoms with Crippen molar-refractivity contribution in [2.45, 2.75) is 20.8 Å². The number of para-hydroxylation sites is 1. The van der Waals surface area contributed by atoms with Gasteiger partial charge in [-0.3, -0.25) is 10.2 Å². The Hall–Kier alpha value is -3.13. The van der Waals surface area contributed by atoms with Gasteiger partial charge in [0.05, 0.1) is 18.8 Å². The lowest BCUT2D eigenvalue weighted by atomic mass is 10.1. The first-order chi connectivity index (χ1) is 13.4. The summed E-state index contributed by atoms with van der Waals surface area (Å²) in [6, 6.07) is 8.55. The number of hydrogen-bond acceptors (Lipinski definition) is 7. The van der Waals surface area contributed by atoms with Crippen LogP contribution in [0.15, 0.2) is 34.7 Å². The Kier molecular flexibility index (Phi) is 5.79. The van der Waals surface area contributed by atoms with Gasteiger partial charge in [0.25, 0.3) is 5.91 Å². The minimum absolute atomic E-state index is 0.0574. The van der Waals surface area contributed by atoms with Crippen molar-refractivity contribution in [3.8, 4) is 5.75 Å². The Morgan fingerprint density at radius 2 is 1.96 bits per heavy atom. The number of benzene rings is 1. The van der Waals surface area contributed by atoms with Gasteiger partial charge in [0.2, 0.25) is 5.55 Å². The van der Waals surface area contributed by atoms with E-state index in [0.29, 0.717) is 33.9 Å². The van der Waals surface area contributed by atoms with Crippen molar-refractivity contribution in [3.63, 3.8) is 0 Å². The highest BCUT2D eigenvalue weighted by Crippen LogP contribution is 2.29. The molecule has 0 aliphatic heterocycles. The fourth-order valence-electron chi connectivity index (χ4n) is 2.71. The van der Waals surface area contributed by atoms with E-state index < -0.39 is 11.9 Å². The van der Waals surface area contributed by atoms with Crippen molar-refractivity contribution >= 4 is 39.2 Å². The number of aryl methyl sites for hydroxylation is 1. The fraction of sp³-hybridized carbons (Fsp3) is 0.250. The van der Waals surface area contributed by atoms with Crippen molar-refractivity contribution in [1.29, 1.82) is 5.41 Å². The molecular weight excluding hydrogens is 380 g/mol. The molecule has 0 bridgehead atoms. The van der Waals surface area contributed by atoms with Crippen molar-refractivity contribution in [2.24, 2.45) is 0 Å². The van der Waals surface area contributed by atoms with E-state index in [1.165, 1.54) is 11.3 Å². The lowest BCUT2D eigenvalue weighted by molar-refractivity contribution is 0.0528. The molecule has 2 N–H and O–H groups in total. The van der Waals surface area contributed by atoms with Gasteiger partial charge in [-0.15, -0.1) is 11.3 Å². The van der Waals surface area contributed by atoms with E-state index in [2.05, 4.69) is 5.32 Å². The lowest BCUT2D eigenvalue weighted by Crippen LogP contribution is -2.21. The highest BCUT2D eigenvalue weighted by atomic mass is 32.1. The quantitative estimate of drug-likeness (QED) is 0.606. The van der Waals surface area contributed by atoms with Gasteiger partial charge in [0.15, 0.2) is 11.3 Å². The number of ether oxygens (including phenoxy) is 2. The van der Waals surface area contributed by atoms with Gasteiger partial charge in [-0.2, -0.15) is 0 Å². The minimum atomic E-state index is -0.537. The van der Waals surface area contributed by atoms with E-state index in [0.717, 1.165) is 4.88 Å². The highest BCUT2D eigenvalue weighted by molar-refractivity contribution is 7.16. The monoisotopic (exact) mass is 400 g/mol. The second-order valence-electron chi connectivity index (χ2n) is 5.87. The maximum atomic E-state index is 12.8. The number of carbonyl (C=O) groups is 2. The Morgan fingerprint density at radius 1 is 1.18 bits per heavy atom. The van der Waals surface area contributed by atoms with Gasteiger partial charge in [0.1, 0.15) is 10.6 Å². The summed E-state index contributed by atoms with van der Waals surface area (Å²) in [6.07, 6.45) is 0. The topological polar surface area (TPSA) is 102 Å². The normalized spacial score (nSPS) is 10.7. The van der Waals surface area contributed by atoms with Crippen molar-refractivity contribution in [2.75, 3.05) is 18.5 Å². The van der Waals surface area contributed by atoms with Crippen LogP contribution in [0.3, 0.4) is 0 Å². The predicted molar refractivity (Wildman–Crippen MR) is 106 cm³/mol. The standard InChI is InChI=1S/C20H20N2O5S/c1-4-25-15-8-6-7-12-10-13(17(21)27-16(12)15)18(23)22-19-14(9-11(3)28-19)20(24)26-5-2/h6-10,21H,4-5H2,1-3H3,(H,22,23). The van der Waals surface area contributed by atoms with Crippen LogP contribution in [-0.4, -0.2) is 25.1 Å². The lowest BCUT2D eigenvalue weighted by Gasteiger charge is -2.09. The molecule has 146 valence electrons. The Labute approximate surface area is 165 Å². The number of esters is 1. The molecule has 3 rings (SSSR count). The van der Waals surface area contributed by atoms with Crippen LogP contribution in [0.25, 0.3) is 11.0 Å². The van der Waals surface area contributed by atoms with Gasteiger partial charge in [-0.05, 0) is 39.0 Å². The number of thiophene rings is 1. The van der Waals surface area contributed by atoms with Crippen molar-refractivity contribution < 1.29 is 23.5 Å². The number of nitrogens with one attached hydrogen (secondary N) is 2. The first kappa shape index (κ1) is 19.6. The van der Waals surface area contributed by atoms with E-state index in [1.807, 2.05) is 13.8 Å². The molecule has 2 aromatic heterocycles. The summed E-state index contributed by atoms with van der Waals surface area (Å²) in [5.74, 6) is -0.526.